The summed E-state index contributed by atoms with van der Waals surface area (Å²) in [6.07, 6.45) is 3.96. The largest absolute Gasteiger partial charge is 0.358 e. The van der Waals surface area contributed by atoms with Crippen LogP contribution in [0.15, 0.2) is 24.3 Å². The minimum atomic E-state index is -0.154. The maximum atomic E-state index is 12.4. The lowest BCUT2D eigenvalue weighted by atomic mass is 10.0. The number of benzene rings is 1. The summed E-state index contributed by atoms with van der Waals surface area (Å²) in [5, 5.41) is 2.68. The second-order valence-corrected chi connectivity index (χ2v) is 5.61. The molecule has 1 aromatic carbocycles. The summed E-state index contributed by atoms with van der Waals surface area (Å²) < 4.78 is 0. The van der Waals surface area contributed by atoms with Crippen molar-refractivity contribution < 1.29 is 9.59 Å². The number of nitrogens with zero attached hydrogens (tertiary/aromatic N) is 1. The zero-order valence-corrected chi connectivity index (χ0v) is 12.9. The molecule has 0 radical (unpaired) electrons. The fraction of sp³-hybridized carbons (Fsp3) is 0.529. The Hall–Kier alpha value is -1.68. The van der Waals surface area contributed by atoms with E-state index in [9.17, 15) is 9.59 Å². The smallest absolute Gasteiger partial charge is 0.237 e. The van der Waals surface area contributed by atoms with Gasteiger partial charge in [0.05, 0.1) is 12.6 Å². The number of ketones is 1. The second kappa shape index (κ2) is 7.36. The van der Waals surface area contributed by atoms with Crippen molar-refractivity contribution in [2.45, 2.75) is 38.6 Å². The highest BCUT2D eigenvalue weighted by atomic mass is 16.2. The highest BCUT2D eigenvalue weighted by molar-refractivity contribution is 5.98. The van der Waals surface area contributed by atoms with E-state index in [0.29, 0.717) is 6.54 Å². The standard InChI is InChI=1S/C17H24N2O2/c1-3-5-13-7-9-14(10-8-13)16(20)12-19-11-4-6-15(19)17(21)18-2/h7-10,15H,3-6,11-12H2,1-2H3,(H,18,21). The zero-order valence-electron chi connectivity index (χ0n) is 12.9. The van der Waals surface area contributed by atoms with Gasteiger partial charge in [0.2, 0.25) is 5.91 Å². The highest BCUT2D eigenvalue weighted by Crippen LogP contribution is 2.18. The van der Waals surface area contributed by atoms with Gasteiger partial charge in [-0.25, -0.2) is 0 Å². The first-order valence-corrected chi connectivity index (χ1v) is 7.73. The summed E-state index contributed by atoms with van der Waals surface area (Å²) in [6.45, 7) is 3.29. The predicted octanol–water partition coefficient (Wildman–Crippen LogP) is 2.03. The molecule has 0 spiro atoms. The number of nitrogens with one attached hydrogen (secondary N) is 1. The van der Waals surface area contributed by atoms with Gasteiger partial charge in [-0.15, -0.1) is 0 Å². The number of carbonyl (C=O) groups excluding carboxylic acids is 2. The molecule has 1 unspecified atom stereocenters. The van der Waals surface area contributed by atoms with Crippen LogP contribution >= 0.6 is 0 Å². The van der Waals surface area contributed by atoms with E-state index in [2.05, 4.69) is 12.2 Å². The quantitative estimate of drug-likeness (QED) is 0.815. The first-order valence-electron chi connectivity index (χ1n) is 7.73. The van der Waals surface area contributed by atoms with Gasteiger partial charge >= 0.3 is 0 Å². The Labute approximate surface area is 126 Å². The van der Waals surface area contributed by atoms with E-state index in [4.69, 9.17) is 0 Å². The normalized spacial score (nSPS) is 18.7. The van der Waals surface area contributed by atoms with E-state index in [-0.39, 0.29) is 17.7 Å². The average molecular weight is 288 g/mol. The number of likely N-dealkylation sites (N-methyl/N-ethyl adjacent to an activating group) is 1. The van der Waals surface area contributed by atoms with E-state index in [1.165, 1.54) is 5.56 Å². The van der Waals surface area contributed by atoms with Gasteiger partial charge in [0.1, 0.15) is 0 Å². The van der Waals surface area contributed by atoms with Crippen LogP contribution in [0.4, 0.5) is 0 Å². The van der Waals surface area contributed by atoms with Crippen LogP contribution < -0.4 is 5.32 Å². The molecule has 1 amide bonds. The van der Waals surface area contributed by atoms with Crippen LogP contribution in [0.2, 0.25) is 0 Å². The van der Waals surface area contributed by atoms with Crippen LogP contribution in [0, 0.1) is 0 Å². The molecular weight excluding hydrogens is 264 g/mol. The number of hydrogen-bond donors (Lipinski definition) is 1. The molecule has 0 saturated carbocycles. The van der Waals surface area contributed by atoms with Crippen molar-refractivity contribution in [3.63, 3.8) is 0 Å². The molecule has 2 rings (SSSR count). The molecular formula is C17H24N2O2. The molecule has 4 nitrogen and oxygen atoms in total. The number of carbonyl (C=O) groups is 2. The average Bonchev–Trinajstić information content (AvgIpc) is 2.95. The minimum absolute atomic E-state index is 0.0126. The molecule has 1 saturated heterocycles. The van der Waals surface area contributed by atoms with Crippen LogP contribution in [-0.2, 0) is 11.2 Å². The number of rotatable bonds is 6. The molecule has 1 aliphatic heterocycles. The Kier molecular flexibility index (Phi) is 5.51. The first-order chi connectivity index (χ1) is 10.2. The summed E-state index contributed by atoms with van der Waals surface area (Å²) >= 11 is 0. The van der Waals surface area contributed by atoms with E-state index < -0.39 is 0 Å². The van der Waals surface area contributed by atoms with Crippen LogP contribution in [-0.4, -0.2) is 42.8 Å². The summed E-state index contributed by atoms with van der Waals surface area (Å²) in [5.41, 5.74) is 2.00. The molecule has 0 aromatic heterocycles. The van der Waals surface area contributed by atoms with Gasteiger partial charge in [-0.2, -0.15) is 0 Å². The van der Waals surface area contributed by atoms with Crippen molar-refractivity contribution in [3.8, 4) is 0 Å². The van der Waals surface area contributed by atoms with E-state index in [0.717, 1.165) is 37.8 Å². The molecule has 1 heterocycles. The van der Waals surface area contributed by atoms with Crippen molar-refractivity contribution in [3.05, 3.63) is 35.4 Å². The molecule has 1 aromatic rings. The Balaban J connectivity index is 1.98. The topological polar surface area (TPSA) is 49.4 Å². The van der Waals surface area contributed by atoms with Crippen molar-refractivity contribution in [1.82, 2.24) is 10.2 Å². The molecule has 1 N–H and O–H groups in total. The van der Waals surface area contributed by atoms with Gasteiger partial charge in [0, 0.05) is 12.6 Å². The van der Waals surface area contributed by atoms with Gasteiger partial charge in [-0.05, 0) is 31.4 Å². The van der Waals surface area contributed by atoms with Crippen LogP contribution in [0.25, 0.3) is 0 Å². The first kappa shape index (κ1) is 15.7. The van der Waals surface area contributed by atoms with Crippen molar-refractivity contribution in [2.24, 2.45) is 0 Å². The molecule has 114 valence electrons. The SMILES string of the molecule is CCCc1ccc(C(=O)CN2CCCC2C(=O)NC)cc1. The number of amides is 1. The lowest BCUT2D eigenvalue weighted by Crippen LogP contribution is -2.44. The fourth-order valence-corrected chi connectivity index (χ4v) is 2.90. The lowest BCUT2D eigenvalue weighted by molar-refractivity contribution is -0.124. The van der Waals surface area contributed by atoms with Gasteiger partial charge < -0.3 is 5.32 Å². The number of likely N-dealkylation sites (tertiary alicyclic amines) is 1. The molecule has 1 atom stereocenters. The summed E-state index contributed by atoms with van der Waals surface area (Å²) in [6, 6.07) is 7.70. The van der Waals surface area contributed by atoms with Crippen molar-refractivity contribution in [1.29, 1.82) is 0 Å². The summed E-state index contributed by atoms with van der Waals surface area (Å²) in [4.78, 5) is 26.1. The van der Waals surface area contributed by atoms with E-state index in [1.807, 2.05) is 29.2 Å². The van der Waals surface area contributed by atoms with Gasteiger partial charge in [0.25, 0.3) is 0 Å². The Bertz CT molecular complexity index is 496. The van der Waals surface area contributed by atoms with E-state index in [1.54, 1.807) is 7.05 Å². The Morgan fingerprint density at radius 2 is 2.00 bits per heavy atom. The van der Waals surface area contributed by atoms with Gasteiger partial charge in [0.15, 0.2) is 5.78 Å². The number of hydrogen-bond acceptors (Lipinski definition) is 3. The molecule has 21 heavy (non-hydrogen) atoms. The predicted molar refractivity (Wildman–Crippen MR) is 83.4 cm³/mol. The third-order valence-corrected chi connectivity index (χ3v) is 4.07. The summed E-state index contributed by atoms with van der Waals surface area (Å²) in [7, 11) is 1.65. The van der Waals surface area contributed by atoms with Crippen LogP contribution in [0.3, 0.4) is 0 Å². The zero-order chi connectivity index (χ0) is 15.2. The lowest BCUT2D eigenvalue weighted by Gasteiger charge is -2.22. The van der Waals surface area contributed by atoms with Crippen molar-refractivity contribution >= 4 is 11.7 Å². The molecule has 4 heteroatoms. The van der Waals surface area contributed by atoms with Gasteiger partial charge in [-0.1, -0.05) is 37.6 Å². The van der Waals surface area contributed by atoms with Crippen LogP contribution in [0.5, 0.6) is 0 Å². The second-order valence-electron chi connectivity index (χ2n) is 5.61. The maximum Gasteiger partial charge on any atom is 0.237 e. The van der Waals surface area contributed by atoms with Gasteiger partial charge in [-0.3, -0.25) is 14.5 Å². The molecule has 1 fully saturated rings. The summed E-state index contributed by atoms with van der Waals surface area (Å²) in [5.74, 6) is 0.104. The molecule has 0 aliphatic carbocycles. The molecule has 1 aliphatic rings. The van der Waals surface area contributed by atoms with Crippen LogP contribution in [0.1, 0.15) is 42.1 Å². The highest BCUT2D eigenvalue weighted by Gasteiger charge is 2.31. The van der Waals surface area contributed by atoms with E-state index >= 15 is 0 Å². The Morgan fingerprint density at radius 1 is 1.29 bits per heavy atom. The third-order valence-electron chi connectivity index (χ3n) is 4.07. The Morgan fingerprint density at radius 3 is 2.62 bits per heavy atom. The fourth-order valence-electron chi connectivity index (χ4n) is 2.90. The number of aryl methyl sites for hydroxylation is 1. The van der Waals surface area contributed by atoms with Crippen molar-refractivity contribution in [2.75, 3.05) is 20.1 Å². The third kappa shape index (κ3) is 3.91. The maximum absolute atomic E-state index is 12.4. The number of Topliss-reactive ketones (excluding diaryl/α,β-unsaturated/α-hetero) is 1. The minimum Gasteiger partial charge on any atom is -0.358 e. The molecule has 0 bridgehead atoms. The monoisotopic (exact) mass is 288 g/mol.